The Bertz CT molecular complexity index is 864. The van der Waals surface area contributed by atoms with E-state index in [2.05, 4.69) is 11.6 Å². The molecule has 2 aromatic rings. The van der Waals surface area contributed by atoms with Crippen molar-refractivity contribution in [3.8, 4) is 5.75 Å². The van der Waals surface area contributed by atoms with Gasteiger partial charge < -0.3 is 4.74 Å². The Balaban J connectivity index is 0.000000199. The molecule has 0 atom stereocenters. The highest BCUT2D eigenvalue weighted by molar-refractivity contribution is 5.86. The van der Waals surface area contributed by atoms with Crippen LogP contribution in [-0.2, 0) is 0 Å². The summed E-state index contributed by atoms with van der Waals surface area (Å²) in [6.45, 7) is 7.98. The third-order valence-corrected chi connectivity index (χ3v) is 3.86. The van der Waals surface area contributed by atoms with Crippen molar-refractivity contribution in [2.75, 3.05) is 6.61 Å². The van der Waals surface area contributed by atoms with E-state index in [1.165, 1.54) is 24.3 Å². The summed E-state index contributed by atoms with van der Waals surface area (Å²) in [6, 6.07) is 12.5. The van der Waals surface area contributed by atoms with Gasteiger partial charge >= 0.3 is 0 Å². The maximum absolute atomic E-state index is 12.8. The first-order valence-corrected chi connectivity index (χ1v) is 8.68. The van der Waals surface area contributed by atoms with E-state index in [0.29, 0.717) is 12.4 Å². The monoisotopic (exact) mass is 367 g/mol. The van der Waals surface area contributed by atoms with Crippen LogP contribution in [0.5, 0.6) is 5.75 Å². The molecule has 1 heterocycles. The molecular formula is C23H23F2NO. The molecule has 3 rings (SSSR count). The minimum absolute atomic E-state index is 0.210. The summed E-state index contributed by atoms with van der Waals surface area (Å²) in [5.74, 6) is 0.0431. The summed E-state index contributed by atoms with van der Waals surface area (Å²) in [5.41, 5.74) is 4.02. The Labute approximate surface area is 159 Å². The fourth-order valence-corrected chi connectivity index (χ4v) is 2.45. The Kier molecular flexibility index (Phi) is 7.68. The fraction of sp³-hybridized carbons (Fsp3) is 0.174. The summed E-state index contributed by atoms with van der Waals surface area (Å²) in [5, 5.41) is 0. The number of ether oxygens (including phenoxy) is 1. The van der Waals surface area contributed by atoms with Gasteiger partial charge in [-0.2, -0.15) is 0 Å². The fourth-order valence-electron chi connectivity index (χ4n) is 2.45. The van der Waals surface area contributed by atoms with Crippen LogP contribution in [0, 0.1) is 11.6 Å². The smallest absolute Gasteiger partial charge is 0.130 e. The number of allylic oxidation sites excluding steroid dienone is 4. The minimum Gasteiger partial charge on any atom is -0.487 e. The van der Waals surface area contributed by atoms with E-state index in [1.54, 1.807) is 30.3 Å². The Morgan fingerprint density at radius 1 is 1.15 bits per heavy atom. The normalized spacial score (nSPS) is 13.3. The van der Waals surface area contributed by atoms with Gasteiger partial charge in [-0.25, -0.2) is 8.78 Å². The van der Waals surface area contributed by atoms with E-state index in [0.717, 1.165) is 29.0 Å². The number of hydrogen-bond donors (Lipinski definition) is 0. The average molecular weight is 367 g/mol. The highest BCUT2D eigenvalue weighted by atomic mass is 19.1. The molecule has 27 heavy (non-hydrogen) atoms. The van der Waals surface area contributed by atoms with Gasteiger partial charge in [0.15, 0.2) is 0 Å². The second kappa shape index (κ2) is 10.2. The van der Waals surface area contributed by atoms with Crippen LogP contribution in [0.4, 0.5) is 8.78 Å². The van der Waals surface area contributed by atoms with Crippen LogP contribution in [0.3, 0.4) is 0 Å². The maximum Gasteiger partial charge on any atom is 0.130 e. The number of nitrogens with zero attached hydrogens (tertiary/aromatic N) is 1. The van der Waals surface area contributed by atoms with Gasteiger partial charge in [-0.05, 0) is 49.2 Å². The lowest BCUT2D eigenvalue weighted by Crippen LogP contribution is -1.98. The summed E-state index contributed by atoms with van der Waals surface area (Å²) in [7, 11) is 0. The largest absolute Gasteiger partial charge is 0.487 e. The second-order valence-electron chi connectivity index (χ2n) is 5.95. The Hall–Kier alpha value is -3.01. The molecule has 4 heteroatoms. The average Bonchev–Trinajstić information content (AvgIpc) is 3.08. The predicted octanol–water partition coefficient (Wildman–Crippen LogP) is 6.37. The van der Waals surface area contributed by atoms with Gasteiger partial charge in [-0.3, -0.25) is 4.99 Å². The molecule has 0 aromatic heterocycles. The molecule has 0 fully saturated rings. The third kappa shape index (κ3) is 6.66. The third-order valence-electron chi connectivity index (χ3n) is 3.86. The van der Waals surface area contributed by atoms with Crippen molar-refractivity contribution in [3.05, 3.63) is 96.2 Å². The van der Waals surface area contributed by atoms with Crippen molar-refractivity contribution in [1.29, 1.82) is 0 Å². The van der Waals surface area contributed by atoms with Gasteiger partial charge in [0.2, 0.25) is 0 Å². The molecule has 0 bridgehead atoms. The summed E-state index contributed by atoms with van der Waals surface area (Å²) in [4.78, 5) is 4.28. The van der Waals surface area contributed by atoms with E-state index in [1.807, 2.05) is 26.0 Å². The lowest BCUT2D eigenvalue weighted by atomic mass is 10.1. The quantitative estimate of drug-likeness (QED) is 0.563. The van der Waals surface area contributed by atoms with Crippen molar-refractivity contribution >= 4 is 11.3 Å². The molecule has 0 spiro atoms. The van der Waals surface area contributed by atoms with Gasteiger partial charge in [0.1, 0.15) is 24.0 Å². The van der Waals surface area contributed by atoms with Gasteiger partial charge in [-0.15, -0.1) is 0 Å². The predicted molar refractivity (Wildman–Crippen MR) is 108 cm³/mol. The molecule has 0 aliphatic carbocycles. The number of hydrogen-bond acceptors (Lipinski definition) is 2. The summed E-state index contributed by atoms with van der Waals surface area (Å²) < 4.78 is 30.7. The zero-order valence-electron chi connectivity index (χ0n) is 15.6. The van der Waals surface area contributed by atoms with Crippen molar-refractivity contribution in [2.45, 2.75) is 20.3 Å². The van der Waals surface area contributed by atoms with Gasteiger partial charge in [0, 0.05) is 18.2 Å². The van der Waals surface area contributed by atoms with Crippen molar-refractivity contribution in [2.24, 2.45) is 4.99 Å². The maximum atomic E-state index is 12.8. The Morgan fingerprint density at radius 3 is 2.44 bits per heavy atom. The summed E-state index contributed by atoms with van der Waals surface area (Å²) in [6.07, 6.45) is 6.62. The topological polar surface area (TPSA) is 21.6 Å². The number of rotatable bonds is 5. The SMILES string of the molecule is C=C/C(=C\C)c1ccc(F)cc1.CC1=NC(COc2cccc(F)c2)=CC1. The van der Waals surface area contributed by atoms with Crippen LogP contribution in [0.2, 0.25) is 0 Å². The van der Waals surface area contributed by atoms with Crippen LogP contribution < -0.4 is 4.74 Å². The molecular weight excluding hydrogens is 344 g/mol. The molecule has 1 aliphatic heterocycles. The summed E-state index contributed by atoms with van der Waals surface area (Å²) >= 11 is 0. The molecule has 0 radical (unpaired) electrons. The van der Waals surface area contributed by atoms with Crippen molar-refractivity contribution in [3.63, 3.8) is 0 Å². The van der Waals surface area contributed by atoms with Gasteiger partial charge in [0.05, 0.1) is 5.70 Å². The molecule has 140 valence electrons. The van der Waals surface area contributed by atoms with Crippen molar-refractivity contribution in [1.82, 2.24) is 0 Å². The number of benzene rings is 2. The van der Waals surface area contributed by atoms with Gasteiger partial charge in [0.25, 0.3) is 0 Å². The van der Waals surface area contributed by atoms with Gasteiger partial charge in [-0.1, -0.05) is 43.0 Å². The van der Waals surface area contributed by atoms with Crippen LogP contribution in [0.1, 0.15) is 25.8 Å². The number of halogens is 2. The molecule has 1 aliphatic rings. The molecule has 0 unspecified atom stereocenters. The van der Waals surface area contributed by atoms with E-state index < -0.39 is 0 Å². The Morgan fingerprint density at radius 2 is 1.89 bits per heavy atom. The molecule has 0 saturated heterocycles. The van der Waals surface area contributed by atoms with Crippen LogP contribution in [0.15, 0.2) is 84.0 Å². The molecule has 0 saturated carbocycles. The second-order valence-corrected chi connectivity index (χ2v) is 5.95. The minimum atomic E-state index is -0.285. The lowest BCUT2D eigenvalue weighted by molar-refractivity contribution is 0.349. The van der Waals surface area contributed by atoms with E-state index in [9.17, 15) is 8.78 Å². The number of aliphatic imine (C=N–C) groups is 1. The van der Waals surface area contributed by atoms with Crippen LogP contribution >= 0.6 is 0 Å². The molecule has 0 N–H and O–H groups in total. The molecule has 2 nitrogen and oxygen atoms in total. The van der Waals surface area contributed by atoms with E-state index >= 15 is 0 Å². The molecule has 2 aromatic carbocycles. The standard InChI is InChI=1S/C12H12FNO.C11H11F/c1-9-5-6-11(14-9)8-15-12-4-2-3-10(13)7-12;1-3-9(4-2)10-5-7-11(12)8-6-10/h2-4,6-7H,5,8H2,1H3;3-8H,1H2,2H3/b;9-4+. The highest BCUT2D eigenvalue weighted by Crippen LogP contribution is 2.16. The van der Waals surface area contributed by atoms with Crippen molar-refractivity contribution < 1.29 is 13.5 Å². The van der Waals surface area contributed by atoms with E-state index in [-0.39, 0.29) is 11.6 Å². The first kappa shape index (κ1) is 20.3. The molecule has 0 amide bonds. The van der Waals surface area contributed by atoms with Crippen LogP contribution in [0.25, 0.3) is 5.57 Å². The first-order chi connectivity index (χ1) is 13.0. The lowest BCUT2D eigenvalue weighted by Gasteiger charge is -2.04. The van der Waals surface area contributed by atoms with Crippen LogP contribution in [-0.4, -0.2) is 12.3 Å². The van der Waals surface area contributed by atoms with E-state index in [4.69, 9.17) is 4.74 Å². The zero-order chi connectivity index (χ0) is 19.6. The highest BCUT2D eigenvalue weighted by Gasteiger charge is 2.05. The zero-order valence-corrected chi connectivity index (χ0v) is 15.6. The first-order valence-electron chi connectivity index (χ1n) is 8.68.